The predicted molar refractivity (Wildman–Crippen MR) is 87.0 cm³/mol. The van der Waals surface area contributed by atoms with Gasteiger partial charge in [0.2, 0.25) is 0 Å². The molecule has 3 rings (SSSR count). The highest BCUT2D eigenvalue weighted by Gasteiger charge is 2.05. The lowest BCUT2D eigenvalue weighted by Gasteiger charge is -2.04. The molecule has 22 heavy (non-hydrogen) atoms. The Balaban J connectivity index is 1.52. The van der Waals surface area contributed by atoms with Crippen LogP contribution in [0, 0.1) is 13.8 Å². The highest BCUT2D eigenvalue weighted by Crippen LogP contribution is 2.09. The van der Waals surface area contributed by atoms with Crippen molar-refractivity contribution in [1.82, 2.24) is 25.3 Å². The van der Waals surface area contributed by atoms with E-state index >= 15 is 0 Å². The summed E-state index contributed by atoms with van der Waals surface area (Å²) < 4.78 is 1.92. The number of hydrogen-bond acceptors (Lipinski definition) is 3. The predicted octanol–water partition coefficient (Wildman–Crippen LogP) is 2.54. The summed E-state index contributed by atoms with van der Waals surface area (Å²) in [5, 5.41) is 15.1. The maximum Gasteiger partial charge on any atom is 0.0645 e. The summed E-state index contributed by atoms with van der Waals surface area (Å²) in [4.78, 5) is 0. The van der Waals surface area contributed by atoms with Gasteiger partial charge in [0.05, 0.1) is 17.6 Å². The third-order valence-corrected chi connectivity index (χ3v) is 3.83. The molecule has 2 aromatic heterocycles. The van der Waals surface area contributed by atoms with Crippen molar-refractivity contribution in [3.8, 4) is 5.69 Å². The van der Waals surface area contributed by atoms with Gasteiger partial charge in [0.25, 0.3) is 0 Å². The molecule has 0 aliphatic rings. The number of hydrogen-bond donors (Lipinski definition) is 2. The monoisotopic (exact) mass is 295 g/mol. The van der Waals surface area contributed by atoms with Crippen LogP contribution >= 0.6 is 0 Å². The van der Waals surface area contributed by atoms with E-state index in [9.17, 15) is 0 Å². The molecule has 0 aliphatic heterocycles. The lowest BCUT2D eigenvalue weighted by atomic mass is 10.2. The van der Waals surface area contributed by atoms with Crippen LogP contribution in [0.4, 0.5) is 0 Å². The van der Waals surface area contributed by atoms with Gasteiger partial charge in [-0.1, -0.05) is 18.2 Å². The molecule has 0 saturated heterocycles. The average molecular weight is 295 g/mol. The minimum Gasteiger partial charge on any atom is -0.312 e. The smallest absolute Gasteiger partial charge is 0.0645 e. The van der Waals surface area contributed by atoms with E-state index in [1.807, 2.05) is 36.0 Å². The van der Waals surface area contributed by atoms with Gasteiger partial charge in [0.1, 0.15) is 0 Å². The molecule has 0 unspecified atom stereocenters. The summed E-state index contributed by atoms with van der Waals surface area (Å²) in [6.45, 7) is 5.86. The first-order chi connectivity index (χ1) is 10.7. The normalized spacial score (nSPS) is 11.0. The zero-order valence-electron chi connectivity index (χ0n) is 13.0. The second-order valence-electron chi connectivity index (χ2n) is 5.47. The Bertz CT molecular complexity index is 707. The van der Waals surface area contributed by atoms with Gasteiger partial charge < -0.3 is 5.32 Å². The number of nitrogens with one attached hydrogen (secondary N) is 2. The lowest BCUT2D eigenvalue weighted by Crippen LogP contribution is -2.17. The molecule has 0 aliphatic carbocycles. The largest absolute Gasteiger partial charge is 0.312 e. The average Bonchev–Trinajstić information content (AvgIpc) is 3.13. The maximum atomic E-state index is 4.42. The molecule has 0 radical (unpaired) electrons. The fraction of sp³-hybridized carbons (Fsp3) is 0.294. The summed E-state index contributed by atoms with van der Waals surface area (Å²) in [5.74, 6) is 0. The second kappa shape index (κ2) is 6.58. The highest BCUT2D eigenvalue weighted by atomic mass is 15.3. The molecule has 5 nitrogen and oxygen atoms in total. The van der Waals surface area contributed by atoms with Crippen LogP contribution in [0.25, 0.3) is 5.69 Å². The number of aromatic nitrogens is 4. The van der Waals surface area contributed by atoms with E-state index in [-0.39, 0.29) is 0 Å². The summed E-state index contributed by atoms with van der Waals surface area (Å²) in [5.41, 5.74) is 5.80. The Morgan fingerprint density at radius 3 is 2.73 bits per heavy atom. The van der Waals surface area contributed by atoms with Crippen LogP contribution in [0.1, 0.15) is 22.5 Å². The van der Waals surface area contributed by atoms with E-state index in [1.54, 1.807) is 0 Å². The van der Waals surface area contributed by atoms with Crippen LogP contribution in [0.15, 0.2) is 42.7 Å². The Hall–Kier alpha value is -2.40. The van der Waals surface area contributed by atoms with Crippen LogP contribution in [-0.2, 0) is 13.0 Å². The van der Waals surface area contributed by atoms with Crippen LogP contribution in [0.3, 0.4) is 0 Å². The van der Waals surface area contributed by atoms with E-state index in [4.69, 9.17) is 0 Å². The molecule has 0 fully saturated rings. The van der Waals surface area contributed by atoms with Crippen molar-refractivity contribution >= 4 is 0 Å². The number of H-pyrrole nitrogens is 1. The van der Waals surface area contributed by atoms with Crippen molar-refractivity contribution in [2.75, 3.05) is 6.54 Å². The minimum absolute atomic E-state index is 0.848. The van der Waals surface area contributed by atoms with Crippen molar-refractivity contribution in [2.24, 2.45) is 0 Å². The number of rotatable bonds is 6. The molecular formula is C17H21N5. The number of para-hydroxylation sites is 1. The zero-order chi connectivity index (χ0) is 15.4. The van der Waals surface area contributed by atoms with Gasteiger partial charge in [0, 0.05) is 24.0 Å². The van der Waals surface area contributed by atoms with Crippen molar-refractivity contribution < 1.29 is 0 Å². The van der Waals surface area contributed by atoms with Gasteiger partial charge in [-0.15, -0.1) is 0 Å². The van der Waals surface area contributed by atoms with Gasteiger partial charge in [-0.3, -0.25) is 5.10 Å². The van der Waals surface area contributed by atoms with Crippen molar-refractivity contribution in [3.63, 3.8) is 0 Å². The van der Waals surface area contributed by atoms with Crippen LogP contribution < -0.4 is 5.32 Å². The van der Waals surface area contributed by atoms with E-state index in [2.05, 4.69) is 45.9 Å². The molecule has 2 N–H and O–H groups in total. The molecule has 114 valence electrons. The van der Waals surface area contributed by atoms with Crippen molar-refractivity contribution in [1.29, 1.82) is 0 Å². The first kappa shape index (κ1) is 14.5. The molecule has 0 spiro atoms. The Labute approximate surface area is 130 Å². The molecule has 5 heteroatoms. The summed E-state index contributed by atoms with van der Waals surface area (Å²) >= 11 is 0. The quantitative estimate of drug-likeness (QED) is 0.687. The topological polar surface area (TPSA) is 58.5 Å². The van der Waals surface area contributed by atoms with Crippen LogP contribution in [-0.4, -0.2) is 26.5 Å². The Kier molecular flexibility index (Phi) is 4.34. The molecule has 0 saturated carbocycles. The van der Waals surface area contributed by atoms with Gasteiger partial charge in [0.15, 0.2) is 0 Å². The van der Waals surface area contributed by atoms with Crippen molar-refractivity contribution in [2.45, 2.75) is 26.8 Å². The number of aryl methyl sites for hydroxylation is 2. The molecule has 0 atom stereocenters. The Morgan fingerprint density at radius 2 is 2.00 bits per heavy atom. The Morgan fingerprint density at radius 1 is 1.18 bits per heavy atom. The van der Waals surface area contributed by atoms with E-state index in [0.29, 0.717) is 0 Å². The molecular weight excluding hydrogens is 274 g/mol. The summed E-state index contributed by atoms with van der Waals surface area (Å²) in [6, 6.07) is 10.2. The fourth-order valence-corrected chi connectivity index (χ4v) is 2.49. The van der Waals surface area contributed by atoms with Crippen LogP contribution in [0.5, 0.6) is 0 Å². The van der Waals surface area contributed by atoms with Gasteiger partial charge in [-0.25, -0.2) is 4.68 Å². The van der Waals surface area contributed by atoms with Crippen molar-refractivity contribution in [3.05, 3.63) is 65.2 Å². The first-order valence-electron chi connectivity index (χ1n) is 7.54. The maximum absolute atomic E-state index is 4.42. The number of aromatic amines is 1. The standard InChI is InChI=1S/C17H21N5/c1-13-17(14(2)21-20-13)11-18-9-8-15-10-19-22(12-15)16-6-4-3-5-7-16/h3-7,10,12,18H,8-9,11H2,1-2H3,(H,20,21). The number of nitrogens with zero attached hydrogens (tertiary/aromatic N) is 3. The molecule has 0 amide bonds. The third-order valence-electron chi connectivity index (χ3n) is 3.83. The van der Waals surface area contributed by atoms with Gasteiger partial charge in [-0.05, 0) is 44.5 Å². The molecule has 2 heterocycles. The zero-order valence-corrected chi connectivity index (χ0v) is 13.0. The fourth-order valence-electron chi connectivity index (χ4n) is 2.49. The van der Waals surface area contributed by atoms with Gasteiger partial charge >= 0.3 is 0 Å². The van der Waals surface area contributed by atoms with E-state index < -0.39 is 0 Å². The van der Waals surface area contributed by atoms with E-state index in [0.717, 1.165) is 36.6 Å². The second-order valence-corrected chi connectivity index (χ2v) is 5.47. The summed E-state index contributed by atoms with van der Waals surface area (Å²) in [7, 11) is 0. The lowest BCUT2D eigenvalue weighted by molar-refractivity contribution is 0.682. The minimum atomic E-state index is 0.848. The highest BCUT2D eigenvalue weighted by molar-refractivity contribution is 5.31. The van der Waals surface area contributed by atoms with E-state index in [1.165, 1.54) is 11.1 Å². The van der Waals surface area contributed by atoms with Gasteiger partial charge in [-0.2, -0.15) is 10.2 Å². The number of benzene rings is 1. The molecule has 1 aromatic carbocycles. The SMILES string of the molecule is Cc1n[nH]c(C)c1CNCCc1cnn(-c2ccccc2)c1. The summed E-state index contributed by atoms with van der Waals surface area (Å²) in [6.07, 6.45) is 4.98. The third kappa shape index (κ3) is 3.26. The van der Waals surface area contributed by atoms with Crippen LogP contribution in [0.2, 0.25) is 0 Å². The molecule has 0 bridgehead atoms. The molecule has 3 aromatic rings. The first-order valence-corrected chi connectivity index (χ1v) is 7.54.